The molecule has 1 N–H and O–H groups in total. The molecule has 0 spiro atoms. The second-order valence-electron chi connectivity index (χ2n) is 5.70. The molecule has 6 heteroatoms. The van der Waals surface area contributed by atoms with Gasteiger partial charge in [-0.25, -0.2) is 4.90 Å². The normalized spacial score (nSPS) is 17.0. The Morgan fingerprint density at radius 2 is 1.83 bits per heavy atom. The van der Waals surface area contributed by atoms with Gasteiger partial charge in [-0.3, -0.25) is 14.6 Å². The number of pyridine rings is 1. The molecule has 24 heavy (non-hydrogen) atoms. The Hall–Kier alpha value is -2.31. The van der Waals surface area contributed by atoms with Crippen LogP contribution < -0.4 is 10.2 Å². The van der Waals surface area contributed by atoms with Crippen LogP contribution in [0.5, 0.6) is 0 Å². The van der Waals surface area contributed by atoms with Crippen molar-refractivity contribution in [3.05, 3.63) is 63.9 Å². The van der Waals surface area contributed by atoms with E-state index in [-0.39, 0.29) is 11.8 Å². The van der Waals surface area contributed by atoms with E-state index in [1.165, 1.54) is 4.90 Å². The number of fused-ring (bicyclic) bond motifs is 1. The van der Waals surface area contributed by atoms with E-state index >= 15 is 0 Å². The van der Waals surface area contributed by atoms with Crippen molar-refractivity contribution in [3.8, 4) is 0 Å². The van der Waals surface area contributed by atoms with E-state index in [1.54, 1.807) is 36.5 Å². The molecule has 3 heterocycles. The highest BCUT2D eigenvalue weighted by Crippen LogP contribution is 2.35. The zero-order valence-electron chi connectivity index (χ0n) is 12.8. The summed E-state index contributed by atoms with van der Waals surface area (Å²) in [5, 5.41) is 3.26. The predicted molar refractivity (Wildman–Crippen MR) is 95.0 cm³/mol. The topological polar surface area (TPSA) is 62.3 Å². The van der Waals surface area contributed by atoms with Crippen LogP contribution in [0.15, 0.2) is 47.1 Å². The molecule has 0 bridgehead atoms. The highest BCUT2D eigenvalue weighted by atomic mass is 79.9. The Kier molecular flexibility index (Phi) is 3.78. The van der Waals surface area contributed by atoms with Crippen molar-refractivity contribution in [1.82, 2.24) is 10.3 Å². The Morgan fingerprint density at radius 3 is 2.46 bits per heavy atom. The third-order valence-corrected chi connectivity index (χ3v) is 4.67. The standard InChI is InChI=1S/C18H14BrN3O2/c19-12-9-15(16(21-10-12)11-5-7-20-8-6-11)22-17(23)13-3-1-2-4-14(13)18(22)24/h1-5,9-10,20H,6-8H2. The molecule has 0 radical (unpaired) electrons. The summed E-state index contributed by atoms with van der Waals surface area (Å²) in [6, 6.07) is 8.69. The Bertz CT molecular complexity index is 857. The molecule has 0 saturated heterocycles. The second kappa shape index (κ2) is 5.96. The molecule has 1 aromatic carbocycles. The maximum Gasteiger partial charge on any atom is 0.266 e. The Labute approximate surface area is 147 Å². The summed E-state index contributed by atoms with van der Waals surface area (Å²) in [5.41, 5.74) is 3.14. The molecule has 0 unspecified atom stereocenters. The number of hydrogen-bond acceptors (Lipinski definition) is 4. The van der Waals surface area contributed by atoms with Gasteiger partial charge in [0.15, 0.2) is 0 Å². The molecule has 120 valence electrons. The number of benzene rings is 1. The smallest absolute Gasteiger partial charge is 0.266 e. The fraction of sp³-hybridized carbons (Fsp3) is 0.167. The van der Waals surface area contributed by atoms with Gasteiger partial charge >= 0.3 is 0 Å². The van der Waals surface area contributed by atoms with E-state index in [1.807, 2.05) is 0 Å². The minimum atomic E-state index is -0.300. The van der Waals surface area contributed by atoms with Gasteiger partial charge in [-0.2, -0.15) is 0 Å². The van der Waals surface area contributed by atoms with Gasteiger partial charge in [0.25, 0.3) is 11.8 Å². The number of carbonyl (C=O) groups is 2. The fourth-order valence-electron chi connectivity index (χ4n) is 3.09. The maximum atomic E-state index is 12.8. The fourth-order valence-corrected chi connectivity index (χ4v) is 3.41. The van der Waals surface area contributed by atoms with Crippen LogP contribution in [0.2, 0.25) is 0 Å². The molecule has 1 aromatic heterocycles. The molecule has 4 rings (SSSR count). The summed E-state index contributed by atoms with van der Waals surface area (Å²) < 4.78 is 0.729. The van der Waals surface area contributed by atoms with Crippen LogP contribution in [0.4, 0.5) is 5.69 Å². The molecule has 2 aliphatic heterocycles. The van der Waals surface area contributed by atoms with Crippen LogP contribution >= 0.6 is 15.9 Å². The minimum Gasteiger partial charge on any atom is -0.313 e. The highest BCUT2D eigenvalue weighted by molar-refractivity contribution is 9.10. The number of aromatic nitrogens is 1. The molecule has 2 aliphatic rings. The van der Waals surface area contributed by atoms with E-state index in [4.69, 9.17) is 0 Å². The van der Waals surface area contributed by atoms with Gasteiger partial charge in [0.2, 0.25) is 0 Å². The molecule has 2 amide bonds. The lowest BCUT2D eigenvalue weighted by molar-refractivity contribution is 0.0926. The second-order valence-corrected chi connectivity index (χ2v) is 6.61. The van der Waals surface area contributed by atoms with Crippen LogP contribution in [-0.4, -0.2) is 29.9 Å². The molecular weight excluding hydrogens is 370 g/mol. The minimum absolute atomic E-state index is 0.300. The number of amides is 2. The molecule has 0 aliphatic carbocycles. The van der Waals surface area contributed by atoms with Crippen molar-refractivity contribution in [2.24, 2.45) is 0 Å². The predicted octanol–water partition coefficient (Wildman–Crippen LogP) is 3.02. The highest BCUT2D eigenvalue weighted by Gasteiger charge is 2.38. The van der Waals surface area contributed by atoms with Crippen molar-refractivity contribution in [2.75, 3.05) is 18.0 Å². The third-order valence-electron chi connectivity index (χ3n) is 4.24. The largest absolute Gasteiger partial charge is 0.313 e. The van der Waals surface area contributed by atoms with Gasteiger partial charge in [-0.1, -0.05) is 18.2 Å². The van der Waals surface area contributed by atoms with E-state index in [0.29, 0.717) is 22.5 Å². The maximum absolute atomic E-state index is 12.8. The zero-order chi connectivity index (χ0) is 16.7. The summed E-state index contributed by atoms with van der Waals surface area (Å²) >= 11 is 3.40. The van der Waals surface area contributed by atoms with Crippen molar-refractivity contribution in [3.63, 3.8) is 0 Å². The lowest BCUT2D eigenvalue weighted by Crippen LogP contribution is -2.31. The first-order valence-electron chi connectivity index (χ1n) is 7.70. The van der Waals surface area contributed by atoms with E-state index in [2.05, 4.69) is 32.3 Å². The van der Waals surface area contributed by atoms with Crippen LogP contribution in [0.25, 0.3) is 5.57 Å². The van der Waals surface area contributed by atoms with Crippen LogP contribution in [0.3, 0.4) is 0 Å². The summed E-state index contributed by atoms with van der Waals surface area (Å²) in [6.45, 7) is 1.61. The summed E-state index contributed by atoms with van der Waals surface area (Å²) in [7, 11) is 0. The van der Waals surface area contributed by atoms with Crippen molar-refractivity contribution in [1.29, 1.82) is 0 Å². The molecule has 5 nitrogen and oxygen atoms in total. The molecule has 0 fully saturated rings. The van der Waals surface area contributed by atoms with E-state index in [0.717, 1.165) is 29.6 Å². The number of hydrogen-bond donors (Lipinski definition) is 1. The van der Waals surface area contributed by atoms with Crippen molar-refractivity contribution < 1.29 is 9.59 Å². The zero-order valence-corrected chi connectivity index (χ0v) is 14.3. The number of nitrogens with zero attached hydrogens (tertiary/aromatic N) is 2. The lowest BCUT2D eigenvalue weighted by atomic mass is 10.0. The van der Waals surface area contributed by atoms with Crippen LogP contribution in [-0.2, 0) is 0 Å². The van der Waals surface area contributed by atoms with Gasteiger partial charge in [-0.15, -0.1) is 0 Å². The number of halogens is 1. The quantitative estimate of drug-likeness (QED) is 0.809. The van der Waals surface area contributed by atoms with Crippen molar-refractivity contribution >= 4 is 39.0 Å². The van der Waals surface area contributed by atoms with Gasteiger partial charge in [0, 0.05) is 17.2 Å². The molecular formula is C18H14BrN3O2. The van der Waals surface area contributed by atoms with Crippen LogP contribution in [0, 0.1) is 0 Å². The van der Waals surface area contributed by atoms with Gasteiger partial charge in [-0.05, 0) is 52.7 Å². The first kappa shape index (κ1) is 15.2. The summed E-state index contributed by atoms with van der Waals surface area (Å²) in [6.07, 6.45) is 4.56. The third kappa shape index (κ3) is 2.39. The van der Waals surface area contributed by atoms with Crippen LogP contribution in [0.1, 0.15) is 32.8 Å². The van der Waals surface area contributed by atoms with E-state index in [9.17, 15) is 9.59 Å². The monoisotopic (exact) mass is 383 g/mol. The Balaban J connectivity index is 1.86. The van der Waals surface area contributed by atoms with Gasteiger partial charge in [0.1, 0.15) is 0 Å². The first-order valence-corrected chi connectivity index (χ1v) is 8.49. The summed E-state index contributed by atoms with van der Waals surface area (Å²) in [4.78, 5) is 31.3. The van der Waals surface area contributed by atoms with Gasteiger partial charge < -0.3 is 5.32 Å². The average molecular weight is 384 g/mol. The van der Waals surface area contributed by atoms with Gasteiger partial charge in [0.05, 0.1) is 22.5 Å². The number of rotatable bonds is 2. The number of carbonyl (C=O) groups excluding carboxylic acids is 2. The SMILES string of the molecule is O=C1c2ccccc2C(=O)N1c1cc(Br)cnc1C1=CCNCC1. The molecule has 2 aromatic rings. The Morgan fingerprint density at radius 1 is 1.12 bits per heavy atom. The number of anilines is 1. The first-order chi connectivity index (χ1) is 11.7. The molecule has 0 atom stereocenters. The number of imide groups is 1. The lowest BCUT2D eigenvalue weighted by Gasteiger charge is -2.21. The average Bonchev–Trinajstić information content (AvgIpc) is 2.87. The van der Waals surface area contributed by atoms with Crippen molar-refractivity contribution in [2.45, 2.75) is 6.42 Å². The molecule has 0 saturated carbocycles. The number of nitrogens with one attached hydrogen (secondary N) is 1. The van der Waals surface area contributed by atoms with E-state index < -0.39 is 0 Å². The summed E-state index contributed by atoms with van der Waals surface area (Å²) in [5.74, 6) is -0.599.